The Morgan fingerprint density at radius 1 is 0.302 bits per heavy atom. The molecule has 0 aliphatic carbocycles. The van der Waals surface area contributed by atoms with Gasteiger partial charge in [-0.25, -0.2) is 0 Å². The second kappa shape index (κ2) is 52.8. The van der Waals surface area contributed by atoms with Gasteiger partial charge in [-0.1, -0.05) is 264 Å². The molecule has 0 saturated heterocycles. The summed E-state index contributed by atoms with van der Waals surface area (Å²) >= 11 is 0. The maximum Gasteiger partial charge on any atom is 0.306 e. The standard InChI is InChI=1S/C57H108O6/c1-4-7-10-13-16-19-22-24-26-27-28-29-31-32-35-38-41-44-47-50-56(59)62-53-54(52-61-55(58)49-46-43-40-37-34-21-18-15-12-9-6-3)63-57(60)51-48-45-42-39-36-33-30-25-23-20-17-14-11-8-5-2/h20,23,54H,4-19,21-22,24-53H2,1-3H3/b23-20-/t54-/m0/s1. The van der Waals surface area contributed by atoms with Crippen LogP contribution in [0.1, 0.15) is 316 Å². The topological polar surface area (TPSA) is 78.9 Å². The van der Waals surface area contributed by atoms with Crippen LogP contribution in [0.5, 0.6) is 0 Å². The molecule has 0 fully saturated rings. The van der Waals surface area contributed by atoms with E-state index in [1.165, 1.54) is 218 Å². The lowest BCUT2D eigenvalue weighted by molar-refractivity contribution is -0.167. The minimum absolute atomic E-state index is 0.0660. The summed E-state index contributed by atoms with van der Waals surface area (Å²) in [6.07, 6.45) is 59.1. The van der Waals surface area contributed by atoms with Crippen molar-refractivity contribution in [2.75, 3.05) is 13.2 Å². The summed E-state index contributed by atoms with van der Waals surface area (Å²) in [5.41, 5.74) is 0. The average Bonchev–Trinajstić information content (AvgIpc) is 3.28. The molecule has 0 N–H and O–H groups in total. The summed E-state index contributed by atoms with van der Waals surface area (Å²) in [6.45, 7) is 6.67. The van der Waals surface area contributed by atoms with Gasteiger partial charge in [0.25, 0.3) is 0 Å². The van der Waals surface area contributed by atoms with Crippen LogP contribution in [0.3, 0.4) is 0 Å². The van der Waals surface area contributed by atoms with Crippen molar-refractivity contribution in [3.63, 3.8) is 0 Å². The van der Waals surface area contributed by atoms with Gasteiger partial charge in [-0.15, -0.1) is 0 Å². The van der Waals surface area contributed by atoms with Crippen LogP contribution in [0.25, 0.3) is 0 Å². The highest BCUT2D eigenvalue weighted by molar-refractivity contribution is 5.71. The Morgan fingerprint density at radius 2 is 0.524 bits per heavy atom. The van der Waals surface area contributed by atoms with E-state index >= 15 is 0 Å². The predicted molar refractivity (Wildman–Crippen MR) is 270 cm³/mol. The van der Waals surface area contributed by atoms with E-state index in [0.29, 0.717) is 19.3 Å². The van der Waals surface area contributed by atoms with Crippen LogP contribution in [0.4, 0.5) is 0 Å². The maximum absolute atomic E-state index is 12.8. The van der Waals surface area contributed by atoms with E-state index in [1.807, 2.05) is 0 Å². The van der Waals surface area contributed by atoms with Crippen molar-refractivity contribution >= 4 is 17.9 Å². The van der Waals surface area contributed by atoms with Crippen molar-refractivity contribution in [1.82, 2.24) is 0 Å². The molecular weight excluding hydrogens is 781 g/mol. The first-order valence-corrected chi connectivity index (χ1v) is 28.2. The second-order valence-electron chi connectivity index (χ2n) is 19.2. The molecule has 0 aromatic carbocycles. The molecule has 0 saturated carbocycles. The molecular formula is C57H108O6. The molecule has 6 nitrogen and oxygen atoms in total. The summed E-state index contributed by atoms with van der Waals surface area (Å²) in [6, 6.07) is 0. The van der Waals surface area contributed by atoms with Crippen molar-refractivity contribution in [2.45, 2.75) is 322 Å². The zero-order chi connectivity index (χ0) is 45.8. The van der Waals surface area contributed by atoms with E-state index < -0.39 is 6.10 Å². The predicted octanol–water partition coefficient (Wildman–Crippen LogP) is 18.5. The molecule has 1 atom stereocenters. The third-order valence-corrected chi connectivity index (χ3v) is 12.8. The Labute approximate surface area is 392 Å². The van der Waals surface area contributed by atoms with Gasteiger partial charge in [0, 0.05) is 19.3 Å². The lowest BCUT2D eigenvalue weighted by Crippen LogP contribution is -2.30. The van der Waals surface area contributed by atoms with E-state index in [0.717, 1.165) is 57.8 Å². The first-order valence-electron chi connectivity index (χ1n) is 28.2. The Hall–Kier alpha value is -1.85. The number of rotatable bonds is 52. The molecule has 0 aromatic rings. The first kappa shape index (κ1) is 61.1. The van der Waals surface area contributed by atoms with Crippen molar-refractivity contribution in [2.24, 2.45) is 0 Å². The van der Waals surface area contributed by atoms with Crippen LogP contribution in [-0.4, -0.2) is 37.2 Å². The van der Waals surface area contributed by atoms with Gasteiger partial charge in [-0.05, 0) is 44.9 Å². The van der Waals surface area contributed by atoms with Crippen molar-refractivity contribution in [3.05, 3.63) is 12.2 Å². The number of allylic oxidation sites excluding steroid dienone is 2. The van der Waals surface area contributed by atoms with Crippen molar-refractivity contribution in [1.29, 1.82) is 0 Å². The van der Waals surface area contributed by atoms with Crippen molar-refractivity contribution < 1.29 is 28.6 Å². The summed E-state index contributed by atoms with van der Waals surface area (Å²) in [4.78, 5) is 38.0. The highest BCUT2D eigenvalue weighted by Crippen LogP contribution is 2.17. The molecule has 6 heteroatoms. The van der Waals surface area contributed by atoms with Crippen LogP contribution in [-0.2, 0) is 28.6 Å². The number of ether oxygens (including phenoxy) is 3. The van der Waals surface area contributed by atoms with Gasteiger partial charge in [0.15, 0.2) is 6.10 Å². The van der Waals surface area contributed by atoms with Crippen LogP contribution in [0, 0.1) is 0 Å². The van der Waals surface area contributed by atoms with E-state index in [1.54, 1.807) is 0 Å². The lowest BCUT2D eigenvalue weighted by Gasteiger charge is -2.18. The van der Waals surface area contributed by atoms with Gasteiger partial charge in [0.1, 0.15) is 13.2 Å². The van der Waals surface area contributed by atoms with E-state index in [9.17, 15) is 14.4 Å². The Balaban J connectivity index is 4.26. The lowest BCUT2D eigenvalue weighted by atomic mass is 10.0. The largest absolute Gasteiger partial charge is 0.462 e. The number of hydrogen-bond acceptors (Lipinski definition) is 6. The molecule has 0 amide bonds. The number of esters is 3. The molecule has 0 unspecified atom stereocenters. The molecule has 0 spiro atoms. The fourth-order valence-electron chi connectivity index (χ4n) is 8.50. The Bertz CT molecular complexity index is 978. The minimum Gasteiger partial charge on any atom is -0.462 e. The molecule has 0 aliphatic rings. The summed E-state index contributed by atoms with van der Waals surface area (Å²) in [7, 11) is 0. The molecule has 0 rings (SSSR count). The molecule has 0 bridgehead atoms. The number of hydrogen-bond donors (Lipinski definition) is 0. The summed E-state index contributed by atoms with van der Waals surface area (Å²) in [5, 5.41) is 0. The smallest absolute Gasteiger partial charge is 0.306 e. The third kappa shape index (κ3) is 51.0. The molecule has 0 aliphatic heterocycles. The van der Waals surface area contributed by atoms with E-state index in [4.69, 9.17) is 14.2 Å². The van der Waals surface area contributed by atoms with E-state index in [2.05, 4.69) is 32.9 Å². The fourth-order valence-corrected chi connectivity index (χ4v) is 8.50. The van der Waals surface area contributed by atoms with Gasteiger partial charge in [0.05, 0.1) is 0 Å². The van der Waals surface area contributed by atoms with Gasteiger partial charge < -0.3 is 14.2 Å². The Kier molecular flexibility index (Phi) is 51.2. The Morgan fingerprint density at radius 3 is 0.810 bits per heavy atom. The highest BCUT2D eigenvalue weighted by atomic mass is 16.6. The maximum atomic E-state index is 12.8. The number of carbonyl (C=O) groups excluding carboxylic acids is 3. The quantitative estimate of drug-likeness (QED) is 0.0262. The molecule has 0 heterocycles. The fraction of sp³-hybridized carbons (Fsp3) is 0.912. The SMILES string of the molecule is CCCCCC/C=C\CCCCCCCCCC(=O)O[C@@H](COC(=O)CCCCCCCCCCCCC)COC(=O)CCCCCCCCCCCCCCCCCCCCC. The zero-order valence-electron chi connectivity index (χ0n) is 42.6. The second-order valence-corrected chi connectivity index (χ2v) is 19.2. The number of unbranched alkanes of at least 4 members (excludes halogenated alkanes) is 39. The zero-order valence-corrected chi connectivity index (χ0v) is 42.6. The van der Waals surface area contributed by atoms with E-state index in [-0.39, 0.29) is 31.1 Å². The molecule has 63 heavy (non-hydrogen) atoms. The van der Waals surface area contributed by atoms with Gasteiger partial charge in [-0.2, -0.15) is 0 Å². The summed E-state index contributed by atoms with van der Waals surface area (Å²) in [5.74, 6) is -0.850. The molecule has 0 radical (unpaired) electrons. The highest BCUT2D eigenvalue weighted by Gasteiger charge is 2.19. The van der Waals surface area contributed by atoms with Gasteiger partial charge in [0.2, 0.25) is 0 Å². The normalized spacial score (nSPS) is 12.0. The molecule has 372 valence electrons. The molecule has 0 aromatic heterocycles. The van der Waals surface area contributed by atoms with Crippen LogP contribution < -0.4 is 0 Å². The monoisotopic (exact) mass is 889 g/mol. The minimum atomic E-state index is -0.766. The van der Waals surface area contributed by atoms with Crippen LogP contribution >= 0.6 is 0 Å². The van der Waals surface area contributed by atoms with Crippen molar-refractivity contribution in [3.8, 4) is 0 Å². The summed E-state index contributed by atoms with van der Waals surface area (Å²) < 4.78 is 16.8. The first-order chi connectivity index (χ1) is 31.0. The number of carbonyl (C=O) groups is 3. The average molecular weight is 889 g/mol. The van der Waals surface area contributed by atoms with Gasteiger partial charge in [-0.3, -0.25) is 14.4 Å². The van der Waals surface area contributed by atoms with Crippen LogP contribution in [0.15, 0.2) is 12.2 Å². The third-order valence-electron chi connectivity index (χ3n) is 12.8. The van der Waals surface area contributed by atoms with Crippen LogP contribution in [0.2, 0.25) is 0 Å². The van der Waals surface area contributed by atoms with Gasteiger partial charge >= 0.3 is 17.9 Å².